The van der Waals surface area contributed by atoms with E-state index in [1.54, 1.807) is 24.3 Å². The number of hydrogen-bond donors (Lipinski definition) is 1. The molecular weight excluding hydrogens is 255 g/mol. The summed E-state index contributed by atoms with van der Waals surface area (Å²) in [7, 11) is 0. The lowest BCUT2D eigenvalue weighted by Gasteiger charge is -2.12. The third-order valence-electron chi connectivity index (χ3n) is 2.96. The second-order valence-electron chi connectivity index (χ2n) is 4.11. The highest BCUT2D eigenvalue weighted by molar-refractivity contribution is 5.86. The van der Waals surface area contributed by atoms with Gasteiger partial charge in [-0.15, -0.1) is 6.42 Å². The van der Waals surface area contributed by atoms with Gasteiger partial charge in [0.15, 0.2) is 0 Å². The highest BCUT2D eigenvalue weighted by Gasteiger charge is 2.38. The van der Waals surface area contributed by atoms with Crippen LogP contribution in [0.1, 0.15) is 11.3 Å². The van der Waals surface area contributed by atoms with Crippen molar-refractivity contribution < 1.29 is 18.3 Å². The van der Waals surface area contributed by atoms with Crippen molar-refractivity contribution in [1.82, 2.24) is 4.57 Å². The van der Waals surface area contributed by atoms with Crippen molar-refractivity contribution in [3.8, 4) is 12.3 Å². The second-order valence-corrected chi connectivity index (χ2v) is 4.11. The van der Waals surface area contributed by atoms with Gasteiger partial charge in [0.05, 0.1) is 6.54 Å². The number of alkyl halides is 3. The van der Waals surface area contributed by atoms with E-state index in [2.05, 4.69) is 5.92 Å². The number of aromatic nitrogens is 1. The molecule has 5 heteroatoms. The third-order valence-corrected chi connectivity index (χ3v) is 2.96. The van der Waals surface area contributed by atoms with Crippen LogP contribution in [0.15, 0.2) is 24.3 Å². The topological polar surface area (TPSA) is 25.2 Å². The molecule has 0 unspecified atom stereocenters. The molecule has 2 rings (SSSR count). The smallest absolute Gasteiger partial charge is 0.396 e. The van der Waals surface area contributed by atoms with Crippen LogP contribution in [0.3, 0.4) is 0 Å². The summed E-state index contributed by atoms with van der Waals surface area (Å²) in [6.07, 6.45) is 0.611. The molecular formula is C14H12F3NO. The van der Waals surface area contributed by atoms with Crippen molar-refractivity contribution in [1.29, 1.82) is 0 Å². The minimum absolute atomic E-state index is 0.0487. The number of hydrogen-bond acceptors (Lipinski definition) is 1. The van der Waals surface area contributed by atoms with Gasteiger partial charge < -0.3 is 9.67 Å². The van der Waals surface area contributed by atoms with Crippen LogP contribution in [0.2, 0.25) is 0 Å². The second kappa shape index (κ2) is 4.98. The number of aliphatic hydroxyl groups is 1. The van der Waals surface area contributed by atoms with Crippen LogP contribution in [0, 0.1) is 12.3 Å². The van der Waals surface area contributed by atoms with Gasteiger partial charge in [0.25, 0.3) is 0 Å². The summed E-state index contributed by atoms with van der Waals surface area (Å²) >= 11 is 0. The fourth-order valence-electron chi connectivity index (χ4n) is 2.32. The number of para-hydroxylation sites is 1. The lowest BCUT2D eigenvalue weighted by Crippen LogP contribution is -2.16. The van der Waals surface area contributed by atoms with Gasteiger partial charge in [0.1, 0.15) is 5.69 Å². The lowest BCUT2D eigenvalue weighted by atomic mass is 10.1. The highest BCUT2D eigenvalue weighted by atomic mass is 19.4. The Labute approximate surface area is 108 Å². The van der Waals surface area contributed by atoms with E-state index in [9.17, 15) is 13.2 Å². The van der Waals surface area contributed by atoms with Crippen molar-refractivity contribution in [2.24, 2.45) is 0 Å². The minimum Gasteiger partial charge on any atom is -0.396 e. The molecule has 0 bridgehead atoms. The molecule has 0 aliphatic heterocycles. The molecule has 0 amide bonds. The zero-order valence-corrected chi connectivity index (χ0v) is 10.0. The first kappa shape index (κ1) is 13.5. The zero-order valence-electron chi connectivity index (χ0n) is 10.0. The Morgan fingerprint density at radius 3 is 2.53 bits per heavy atom. The van der Waals surface area contributed by atoms with Gasteiger partial charge in [-0.3, -0.25) is 0 Å². The molecule has 100 valence electrons. The van der Waals surface area contributed by atoms with Crippen molar-refractivity contribution in [2.75, 3.05) is 6.61 Å². The summed E-state index contributed by atoms with van der Waals surface area (Å²) < 4.78 is 40.8. The number of benzene rings is 1. The van der Waals surface area contributed by atoms with Crippen LogP contribution in [0.4, 0.5) is 13.2 Å². The van der Waals surface area contributed by atoms with Crippen LogP contribution in [-0.2, 0) is 19.1 Å². The molecule has 0 saturated carbocycles. The predicted octanol–water partition coefficient (Wildman–Crippen LogP) is 2.83. The average Bonchev–Trinajstić information content (AvgIpc) is 2.65. The monoisotopic (exact) mass is 267 g/mol. The molecule has 0 atom stereocenters. The van der Waals surface area contributed by atoms with Gasteiger partial charge in [0, 0.05) is 17.5 Å². The summed E-state index contributed by atoms with van der Waals surface area (Å²) in [4.78, 5) is 0. The predicted molar refractivity (Wildman–Crippen MR) is 66.6 cm³/mol. The van der Waals surface area contributed by atoms with Crippen LogP contribution in [0.25, 0.3) is 10.9 Å². The Morgan fingerprint density at radius 1 is 1.26 bits per heavy atom. The Hall–Kier alpha value is -1.93. The van der Waals surface area contributed by atoms with Crippen LogP contribution in [-0.4, -0.2) is 16.3 Å². The van der Waals surface area contributed by atoms with Crippen molar-refractivity contribution in [2.45, 2.75) is 19.1 Å². The molecule has 0 aliphatic carbocycles. The van der Waals surface area contributed by atoms with Crippen LogP contribution >= 0.6 is 0 Å². The molecule has 1 N–H and O–H groups in total. The van der Waals surface area contributed by atoms with E-state index in [0.29, 0.717) is 10.9 Å². The molecule has 0 saturated heterocycles. The standard InChI is InChI=1S/C14H12F3NO/c1-2-8-18-12-6-4-3-5-10(12)11(7-9-19)13(18)14(15,16)17/h1,3-6,19H,7-9H2. The van der Waals surface area contributed by atoms with Crippen molar-refractivity contribution >= 4 is 10.9 Å². The normalized spacial score (nSPS) is 11.7. The third kappa shape index (κ3) is 2.32. The van der Waals surface area contributed by atoms with Gasteiger partial charge in [0.2, 0.25) is 0 Å². The van der Waals surface area contributed by atoms with E-state index in [4.69, 9.17) is 11.5 Å². The van der Waals surface area contributed by atoms with E-state index >= 15 is 0 Å². The maximum Gasteiger partial charge on any atom is 0.431 e. The van der Waals surface area contributed by atoms with Crippen LogP contribution in [0.5, 0.6) is 0 Å². The average molecular weight is 267 g/mol. The molecule has 0 radical (unpaired) electrons. The first-order chi connectivity index (χ1) is 9.00. The van der Waals surface area contributed by atoms with E-state index in [0.717, 1.165) is 4.57 Å². The fourth-order valence-corrected chi connectivity index (χ4v) is 2.32. The first-order valence-electron chi connectivity index (χ1n) is 5.72. The van der Waals surface area contributed by atoms with Gasteiger partial charge >= 0.3 is 6.18 Å². The van der Waals surface area contributed by atoms with E-state index in [-0.39, 0.29) is 25.1 Å². The molecule has 1 heterocycles. The van der Waals surface area contributed by atoms with Crippen molar-refractivity contribution in [3.63, 3.8) is 0 Å². The summed E-state index contributed by atoms with van der Waals surface area (Å²) in [5.74, 6) is 2.24. The zero-order chi connectivity index (χ0) is 14.0. The van der Waals surface area contributed by atoms with Gasteiger partial charge in [-0.05, 0) is 18.1 Å². The summed E-state index contributed by atoms with van der Waals surface area (Å²) in [6.45, 7) is -0.492. The quantitative estimate of drug-likeness (QED) is 0.850. The molecule has 1 aromatic carbocycles. The van der Waals surface area contributed by atoms with Crippen LogP contribution < -0.4 is 0 Å². The fraction of sp³-hybridized carbons (Fsp3) is 0.286. The summed E-state index contributed by atoms with van der Waals surface area (Å²) in [5.41, 5.74) is -0.224. The number of halogens is 3. The summed E-state index contributed by atoms with van der Waals surface area (Å²) in [5, 5.41) is 9.48. The maximum absolute atomic E-state index is 13.2. The molecule has 2 aromatic rings. The highest BCUT2D eigenvalue weighted by Crippen LogP contribution is 2.38. The molecule has 19 heavy (non-hydrogen) atoms. The minimum atomic E-state index is -4.50. The molecule has 2 nitrogen and oxygen atoms in total. The van der Waals surface area contributed by atoms with Gasteiger partial charge in [-0.1, -0.05) is 24.1 Å². The number of nitrogens with zero attached hydrogens (tertiary/aromatic N) is 1. The number of terminal acetylenes is 1. The lowest BCUT2D eigenvalue weighted by molar-refractivity contribution is -0.143. The molecule has 1 aromatic heterocycles. The SMILES string of the molecule is C#CCn1c(C(F)(F)F)c(CCO)c2ccccc21. The first-order valence-corrected chi connectivity index (χ1v) is 5.72. The molecule has 0 fully saturated rings. The van der Waals surface area contributed by atoms with E-state index in [1.807, 2.05) is 0 Å². The Kier molecular flexibility index (Phi) is 3.54. The van der Waals surface area contributed by atoms with E-state index < -0.39 is 11.9 Å². The number of rotatable bonds is 3. The Morgan fingerprint density at radius 2 is 1.95 bits per heavy atom. The number of fused-ring (bicyclic) bond motifs is 1. The van der Waals surface area contributed by atoms with Crippen molar-refractivity contribution in [3.05, 3.63) is 35.5 Å². The maximum atomic E-state index is 13.2. The molecule has 0 spiro atoms. The Bertz CT molecular complexity index is 634. The largest absolute Gasteiger partial charge is 0.431 e. The van der Waals surface area contributed by atoms with Gasteiger partial charge in [-0.2, -0.15) is 13.2 Å². The van der Waals surface area contributed by atoms with E-state index in [1.165, 1.54) is 0 Å². The van der Waals surface area contributed by atoms with Gasteiger partial charge in [-0.25, -0.2) is 0 Å². The Balaban J connectivity index is 2.84. The molecule has 0 aliphatic rings. The summed E-state index contributed by atoms with van der Waals surface area (Å²) in [6, 6.07) is 6.55. The number of aliphatic hydroxyl groups excluding tert-OH is 1.